The minimum atomic E-state index is 0.594. The van der Waals surface area contributed by atoms with Gasteiger partial charge in [0.1, 0.15) is 0 Å². The van der Waals surface area contributed by atoms with Gasteiger partial charge in [0.15, 0.2) is 0 Å². The van der Waals surface area contributed by atoms with Crippen LogP contribution in [0.3, 0.4) is 0 Å². The van der Waals surface area contributed by atoms with E-state index in [2.05, 4.69) is 32.7 Å². The first-order chi connectivity index (χ1) is 9.92. The van der Waals surface area contributed by atoms with Gasteiger partial charge in [-0.2, -0.15) is 0 Å². The average Bonchev–Trinajstić information content (AvgIpc) is 2.55. The van der Waals surface area contributed by atoms with Crippen LogP contribution in [-0.4, -0.2) is 23.1 Å². The molecular formula is C16H20N4. The van der Waals surface area contributed by atoms with Gasteiger partial charge in [0, 0.05) is 42.4 Å². The Hall–Kier alpha value is -1.94. The number of hydrogen-bond acceptors (Lipinski definition) is 4. The van der Waals surface area contributed by atoms with Crippen molar-refractivity contribution in [2.75, 3.05) is 18.4 Å². The van der Waals surface area contributed by atoms with Crippen molar-refractivity contribution in [3.63, 3.8) is 0 Å². The molecule has 4 nitrogen and oxygen atoms in total. The molecule has 1 aliphatic rings. The Morgan fingerprint density at radius 2 is 2.10 bits per heavy atom. The standard InChI is InChI=1S/C16H20N4/c1-2-13(11-18-6-1)12-20-15-5-9-19-16(10-15)14-3-7-17-8-4-14/h1-2,5-6,9-11,14,17H,3-4,7-8,12H2,(H,19,20). The van der Waals surface area contributed by atoms with Crippen molar-refractivity contribution < 1.29 is 0 Å². The molecule has 0 aromatic carbocycles. The summed E-state index contributed by atoms with van der Waals surface area (Å²) < 4.78 is 0. The minimum Gasteiger partial charge on any atom is -0.381 e. The molecule has 0 spiro atoms. The van der Waals surface area contributed by atoms with Gasteiger partial charge in [0.25, 0.3) is 0 Å². The SMILES string of the molecule is c1cncc(CNc2ccnc(C3CCNCC3)c2)c1. The highest BCUT2D eigenvalue weighted by atomic mass is 14.9. The third-order valence-electron chi connectivity index (χ3n) is 3.76. The highest BCUT2D eigenvalue weighted by molar-refractivity contribution is 5.44. The van der Waals surface area contributed by atoms with Crippen molar-refractivity contribution in [2.24, 2.45) is 0 Å². The number of anilines is 1. The summed E-state index contributed by atoms with van der Waals surface area (Å²) in [6.07, 6.45) is 7.95. The van der Waals surface area contributed by atoms with Gasteiger partial charge < -0.3 is 10.6 Å². The molecule has 1 aliphatic heterocycles. The molecule has 20 heavy (non-hydrogen) atoms. The van der Waals surface area contributed by atoms with E-state index in [4.69, 9.17) is 0 Å². The molecule has 1 saturated heterocycles. The minimum absolute atomic E-state index is 0.594. The zero-order valence-electron chi connectivity index (χ0n) is 11.5. The second kappa shape index (κ2) is 6.48. The highest BCUT2D eigenvalue weighted by Gasteiger charge is 2.16. The summed E-state index contributed by atoms with van der Waals surface area (Å²) in [5.41, 5.74) is 3.54. The zero-order chi connectivity index (χ0) is 13.6. The van der Waals surface area contributed by atoms with Gasteiger partial charge in [0.2, 0.25) is 0 Å². The monoisotopic (exact) mass is 268 g/mol. The van der Waals surface area contributed by atoms with Crippen LogP contribution in [-0.2, 0) is 6.54 Å². The van der Waals surface area contributed by atoms with Gasteiger partial charge in [-0.15, -0.1) is 0 Å². The van der Waals surface area contributed by atoms with Crippen molar-refractivity contribution >= 4 is 5.69 Å². The zero-order valence-corrected chi connectivity index (χ0v) is 11.5. The van der Waals surface area contributed by atoms with Crippen molar-refractivity contribution in [2.45, 2.75) is 25.3 Å². The molecule has 3 heterocycles. The predicted octanol–water partition coefficient (Wildman–Crippen LogP) is 2.56. The molecule has 0 atom stereocenters. The van der Waals surface area contributed by atoms with Crippen LogP contribution in [0.15, 0.2) is 42.9 Å². The summed E-state index contributed by atoms with van der Waals surface area (Å²) in [5.74, 6) is 0.594. The topological polar surface area (TPSA) is 49.8 Å². The number of nitrogens with zero attached hydrogens (tertiary/aromatic N) is 2. The molecule has 0 bridgehead atoms. The summed E-state index contributed by atoms with van der Waals surface area (Å²) in [6.45, 7) is 2.99. The summed E-state index contributed by atoms with van der Waals surface area (Å²) >= 11 is 0. The molecule has 0 unspecified atom stereocenters. The van der Waals surface area contributed by atoms with E-state index >= 15 is 0 Å². The molecule has 1 fully saturated rings. The van der Waals surface area contributed by atoms with Gasteiger partial charge in [-0.1, -0.05) is 6.07 Å². The third kappa shape index (κ3) is 3.33. The van der Waals surface area contributed by atoms with Crippen LogP contribution >= 0.6 is 0 Å². The van der Waals surface area contributed by atoms with Crippen LogP contribution in [0.4, 0.5) is 5.69 Å². The van der Waals surface area contributed by atoms with E-state index in [9.17, 15) is 0 Å². The summed E-state index contributed by atoms with van der Waals surface area (Å²) in [6, 6.07) is 8.26. The van der Waals surface area contributed by atoms with Gasteiger partial charge in [0.05, 0.1) is 0 Å². The molecule has 2 aromatic heterocycles. The normalized spacial score (nSPS) is 16.0. The fourth-order valence-corrected chi connectivity index (χ4v) is 2.61. The molecule has 0 aliphatic carbocycles. The lowest BCUT2D eigenvalue weighted by Gasteiger charge is -2.22. The lowest BCUT2D eigenvalue weighted by atomic mass is 9.94. The first kappa shape index (κ1) is 13.1. The summed E-state index contributed by atoms with van der Waals surface area (Å²) in [5, 5.41) is 6.84. The molecule has 2 N–H and O–H groups in total. The maximum atomic E-state index is 4.54. The quantitative estimate of drug-likeness (QED) is 0.894. The molecular weight excluding hydrogens is 248 g/mol. The van der Waals surface area contributed by atoms with Crippen LogP contribution in [0.25, 0.3) is 0 Å². The van der Waals surface area contributed by atoms with Crippen molar-refractivity contribution in [3.05, 3.63) is 54.1 Å². The molecule has 2 aromatic rings. The lowest BCUT2D eigenvalue weighted by Crippen LogP contribution is -2.27. The van der Waals surface area contributed by atoms with Crippen LogP contribution in [0, 0.1) is 0 Å². The Morgan fingerprint density at radius 1 is 1.20 bits per heavy atom. The van der Waals surface area contributed by atoms with Crippen molar-refractivity contribution in [3.8, 4) is 0 Å². The highest BCUT2D eigenvalue weighted by Crippen LogP contribution is 2.25. The number of pyridine rings is 2. The lowest BCUT2D eigenvalue weighted by molar-refractivity contribution is 0.453. The first-order valence-corrected chi connectivity index (χ1v) is 7.21. The Kier molecular flexibility index (Phi) is 4.23. The van der Waals surface area contributed by atoms with Gasteiger partial charge in [-0.05, 0) is 49.7 Å². The Morgan fingerprint density at radius 3 is 2.90 bits per heavy atom. The fraction of sp³-hybridized carbons (Fsp3) is 0.375. The molecule has 3 rings (SSSR count). The summed E-state index contributed by atoms with van der Waals surface area (Å²) in [4.78, 5) is 8.67. The van der Waals surface area contributed by atoms with Gasteiger partial charge in [-0.3, -0.25) is 9.97 Å². The molecule has 0 amide bonds. The largest absolute Gasteiger partial charge is 0.381 e. The van der Waals surface area contributed by atoms with E-state index < -0.39 is 0 Å². The maximum Gasteiger partial charge on any atom is 0.0456 e. The Bertz CT molecular complexity index is 535. The molecule has 0 saturated carbocycles. The first-order valence-electron chi connectivity index (χ1n) is 7.21. The Balaban J connectivity index is 1.65. The van der Waals surface area contributed by atoms with Gasteiger partial charge >= 0.3 is 0 Å². The van der Waals surface area contributed by atoms with Gasteiger partial charge in [-0.25, -0.2) is 0 Å². The van der Waals surface area contributed by atoms with Crippen molar-refractivity contribution in [1.82, 2.24) is 15.3 Å². The second-order valence-corrected chi connectivity index (χ2v) is 5.21. The Labute approximate surface area is 119 Å². The van der Waals surface area contributed by atoms with E-state index in [1.165, 1.54) is 24.1 Å². The fourth-order valence-electron chi connectivity index (χ4n) is 2.61. The van der Waals surface area contributed by atoms with E-state index in [1.54, 1.807) is 6.20 Å². The number of nitrogens with one attached hydrogen (secondary N) is 2. The third-order valence-corrected chi connectivity index (χ3v) is 3.76. The van der Waals surface area contributed by atoms with Crippen LogP contribution in [0.2, 0.25) is 0 Å². The maximum absolute atomic E-state index is 4.54. The number of aromatic nitrogens is 2. The molecule has 4 heteroatoms. The van der Waals surface area contributed by atoms with E-state index in [-0.39, 0.29) is 0 Å². The average molecular weight is 268 g/mol. The number of hydrogen-bond donors (Lipinski definition) is 2. The van der Waals surface area contributed by atoms with Crippen LogP contribution < -0.4 is 10.6 Å². The van der Waals surface area contributed by atoms with E-state index in [0.717, 1.165) is 25.3 Å². The number of rotatable bonds is 4. The van der Waals surface area contributed by atoms with Crippen molar-refractivity contribution in [1.29, 1.82) is 0 Å². The number of piperidine rings is 1. The smallest absolute Gasteiger partial charge is 0.0456 e. The predicted molar refractivity (Wildman–Crippen MR) is 80.6 cm³/mol. The summed E-state index contributed by atoms with van der Waals surface area (Å²) in [7, 11) is 0. The van der Waals surface area contributed by atoms with E-state index in [0.29, 0.717) is 5.92 Å². The van der Waals surface area contributed by atoms with E-state index in [1.807, 2.05) is 24.5 Å². The molecule has 104 valence electrons. The van der Waals surface area contributed by atoms with Crippen LogP contribution in [0.5, 0.6) is 0 Å². The second-order valence-electron chi connectivity index (χ2n) is 5.21. The molecule has 0 radical (unpaired) electrons. The van der Waals surface area contributed by atoms with Crippen LogP contribution in [0.1, 0.15) is 30.0 Å².